The fraction of sp³-hybridized carbons (Fsp3) is 0.333. The molecule has 2 aromatic rings. The van der Waals surface area contributed by atoms with E-state index in [1.54, 1.807) is 6.07 Å². The zero-order valence-corrected chi connectivity index (χ0v) is 11.8. The van der Waals surface area contributed by atoms with Gasteiger partial charge in [0.25, 0.3) is 0 Å². The fourth-order valence-electron chi connectivity index (χ4n) is 2.68. The second-order valence-electron chi connectivity index (χ2n) is 5.22. The van der Waals surface area contributed by atoms with Crippen molar-refractivity contribution in [2.75, 3.05) is 20.1 Å². The van der Waals surface area contributed by atoms with Crippen LogP contribution in [-0.2, 0) is 0 Å². The summed E-state index contributed by atoms with van der Waals surface area (Å²) in [7, 11) is 2.05. The molecule has 100 valence electrons. The lowest BCUT2D eigenvalue weighted by Crippen LogP contribution is -2.25. The van der Waals surface area contributed by atoms with Crippen molar-refractivity contribution in [1.29, 1.82) is 0 Å². The first-order valence-corrected chi connectivity index (χ1v) is 6.79. The van der Waals surface area contributed by atoms with Crippen LogP contribution >= 0.6 is 11.6 Å². The van der Waals surface area contributed by atoms with Gasteiger partial charge in [-0.2, -0.15) is 0 Å². The van der Waals surface area contributed by atoms with E-state index in [9.17, 15) is 4.39 Å². The van der Waals surface area contributed by atoms with Crippen LogP contribution in [0.2, 0.25) is 5.02 Å². The average molecular weight is 279 g/mol. The van der Waals surface area contributed by atoms with E-state index in [2.05, 4.69) is 16.0 Å². The Bertz CT molecular complexity index is 672. The van der Waals surface area contributed by atoms with E-state index >= 15 is 0 Å². The summed E-state index contributed by atoms with van der Waals surface area (Å²) in [5, 5.41) is 1.36. The molecule has 0 amide bonds. The third-order valence-electron chi connectivity index (χ3n) is 3.62. The molecule has 0 saturated carbocycles. The summed E-state index contributed by atoms with van der Waals surface area (Å²) in [6, 6.07) is 3.63. The van der Waals surface area contributed by atoms with Crippen LogP contribution in [0.5, 0.6) is 0 Å². The molecule has 0 bridgehead atoms. The van der Waals surface area contributed by atoms with Crippen LogP contribution in [-0.4, -0.2) is 30.0 Å². The Hall–Kier alpha value is -1.32. The summed E-state index contributed by atoms with van der Waals surface area (Å²) in [4.78, 5) is 5.25. The molecule has 1 N–H and O–H groups in total. The van der Waals surface area contributed by atoms with Crippen molar-refractivity contribution < 1.29 is 4.39 Å². The van der Waals surface area contributed by atoms with Crippen molar-refractivity contribution in [1.82, 2.24) is 9.88 Å². The molecule has 1 aromatic carbocycles. The minimum atomic E-state index is -0.200. The van der Waals surface area contributed by atoms with Crippen molar-refractivity contribution in [3.8, 4) is 0 Å². The fourth-order valence-corrected chi connectivity index (χ4v) is 2.93. The Morgan fingerprint density at radius 3 is 2.89 bits per heavy atom. The van der Waals surface area contributed by atoms with E-state index < -0.39 is 0 Å². The van der Waals surface area contributed by atoms with Crippen LogP contribution in [0.25, 0.3) is 16.5 Å². The summed E-state index contributed by atoms with van der Waals surface area (Å²) in [5.41, 5.74) is 3.06. The van der Waals surface area contributed by atoms with E-state index in [-0.39, 0.29) is 5.82 Å². The molecular weight excluding hydrogens is 263 g/mol. The van der Waals surface area contributed by atoms with Gasteiger partial charge in [-0.3, -0.25) is 0 Å². The van der Waals surface area contributed by atoms with Gasteiger partial charge >= 0.3 is 0 Å². The lowest BCUT2D eigenvalue weighted by molar-refractivity contribution is 0.372. The maximum absolute atomic E-state index is 14.6. The number of rotatable bonds is 1. The van der Waals surface area contributed by atoms with Crippen LogP contribution in [0.4, 0.5) is 4.39 Å². The summed E-state index contributed by atoms with van der Waals surface area (Å²) in [6.07, 6.45) is 3.06. The second kappa shape index (κ2) is 4.66. The molecule has 0 spiro atoms. The number of aromatic nitrogens is 1. The summed E-state index contributed by atoms with van der Waals surface area (Å²) in [5.74, 6) is -0.200. The van der Waals surface area contributed by atoms with Gasteiger partial charge in [0, 0.05) is 29.7 Å². The SMILES string of the molecule is Cc1cc2c(Cl)cc(C3=CCCN(C)C3)c(F)c2[nH]1. The lowest BCUT2D eigenvalue weighted by atomic mass is 9.99. The van der Waals surface area contributed by atoms with Gasteiger partial charge in [0.05, 0.1) is 10.5 Å². The van der Waals surface area contributed by atoms with Gasteiger partial charge in [-0.25, -0.2) is 4.39 Å². The Kier molecular flexibility index (Phi) is 3.11. The van der Waals surface area contributed by atoms with Gasteiger partial charge in [0.2, 0.25) is 0 Å². The average Bonchev–Trinajstić information content (AvgIpc) is 2.76. The highest BCUT2D eigenvalue weighted by Gasteiger charge is 2.18. The third-order valence-corrected chi connectivity index (χ3v) is 3.94. The Morgan fingerprint density at radius 2 is 2.16 bits per heavy atom. The van der Waals surface area contributed by atoms with Crippen molar-refractivity contribution in [3.05, 3.63) is 40.3 Å². The zero-order chi connectivity index (χ0) is 13.6. The molecule has 2 heterocycles. The van der Waals surface area contributed by atoms with Crippen molar-refractivity contribution in [2.24, 2.45) is 0 Å². The Morgan fingerprint density at radius 1 is 1.37 bits per heavy atom. The van der Waals surface area contributed by atoms with Crippen LogP contribution in [0, 0.1) is 12.7 Å². The van der Waals surface area contributed by atoms with Crippen molar-refractivity contribution in [3.63, 3.8) is 0 Å². The molecule has 4 heteroatoms. The minimum Gasteiger partial charge on any atom is -0.356 e. The first-order valence-electron chi connectivity index (χ1n) is 6.41. The largest absolute Gasteiger partial charge is 0.356 e. The van der Waals surface area contributed by atoms with Crippen LogP contribution < -0.4 is 0 Å². The molecule has 0 atom stereocenters. The van der Waals surface area contributed by atoms with E-state index in [1.165, 1.54) is 0 Å². The number of halogens is 2. The van der Waals surface area contributed by atoms with Crippen molar-refractivity contribution >= 4 is 28.1 Å². The molecule has 2 nitrogen and oxygen atoms in total. The van der Waals surface area contributed by atoms with Gasteiger partial charge in [-0.1, -0.05) is 17.7 Å². The standard InChI is InChI=1S/C15H16ClFN2/c1-9-6-12-13(16)7-11(14(17)15(12)18-9)10-4-3-5-19(2)8-10/h4,6-7,18H,3,5,8H2,1-2H3. The monoisotopic (exact) mass is 278 g/mol. The van der Waals surface area contributed by atoms with Crippen LogP contribution in [0.3, 0.4) is 0 Å². The molecule has 3 rings (SSSR count). The van der Waals surface area contributed by atoms with Gasteiger partial charge < -0.3 is 9.88 Å². The Labute approximate surface area is 116 Å². The predicted octanol–water partition coefficient (Wildman–Crippen LogP) is 3.99. The van der Waals surface area contributed by atoms with Crippen LogP contribution in [0.15, 0.2) is 18.2 Å². The third kappa shape index (κ3) is 2.17. The molecule has 1 aliphatic rings. The topological polar surface area (TPSA) is 19.0 Å². The molecular formula is C15H16ClFN2. The summed E-state index contributed by atoms with van der Waals surface area (Å²) < 4.78 is 14.6. The highest BCUT2D eigenvalue weighted by atomic mass is 35.5. The molecule has 1 aromatic heterocycles. The van der Waals surface area contributed by atoms with E-state index in [1.807, 2.05) is 20.0 Å². The molecule has 0 aliphatic carbocycles. The maximum atomic E-state index is 14.6. The number of fused-ring (bicyclic) bond motifs is 1. The number of aromatic amines is 1. The minimum absolute atomic E-state index is 0.200. The molecule has 0 saturated heterocycles. The van der Waals surface area contributed by atoms with Crippen LogP contribution in [0.1, 0.15) is 17.7 Å². The number of hydrogen-bond acceptors (Lipinski definition) is 1. The Balaban J connectivity index is 2.19. The lowest BCUT2D eigenvalue weighted by Gasteiger charge is -2.23. The highest BCUT2D eigenvalue weighted by Crippen LogP contribution is 2.33. The summed E-state index contributed by atoms with van der Waals surface area (Å²) >= 11 is 6.28. The normalized spacial score (nSPS) is 16.9. The molecule has 19 heavy (non-hydrogen) atoms. The number of likely N-dealkylation sites (N-methyl/N-ethyl adjacent to an activating group) is 1. The second-order valence-corrected chi connectivity index (χ2v) is 5.62. The predicted molar refractivity (Wildman–Crippen MR) is 78.1 cm³/mol. The first kappa shape index (κ1) is 12.7. The summed E-state index contributed by atoms with van der Waals surface area (Å²) in [6.45, 7) is 3.68. The quantitative estimate of drug-likeness (QED) is 0.836. The number of hydrogen-bond donors (Lipinski definition) is 1. The first-order chi connectivity index (χ1) is 9.06. The van der Waals surface area contributed by atoms with Gasteiger partial charge in [0.15, 0.2) is 5.82 Å². The van der Waals surface area contributed by atoms with Gasteiger partial charge in [0.1, 0.15) is 0 Å². The highest BCUT2D eigenvalue weighted by molar-refractivity contribution is 6.35. The van der Waals surface area contributed by atoms with Crippen molar-refractivity contribution in [2.45, 2.75) is 13.3 Å². The maximum Gasteiger partial charge on any atom is 0.154 e. The number of H-pyrrole nitrogens is 1. The molecule has 0 unspecified atom stereocenters. The molecule has 0 radical (unpaired) electrons. The zero-order valence-electron chi connectivity index (χ0n) is 11.1. The number of benzene rings is 1. The number of nitrogens with one attached hydrogen (secondary N) is 1. The van der Waals surface area contributed by atoms with E-state index in [4.69, 9.17) is 11.6 Å². The smallest absolute Gasteiger partial charge is 0.154 e. The van der Waals surface area contributed by atoms with E-state index in [0.29, 0.717) is 16.1 Å². The number of aryl methyl sites for hydroxylation is 1. The molecule has 0 fully saturated rings. The van der Waals surface area contributed by atoms with Gasteiger partial charge in [-0.15, -0.1) is 0 Å². The van der Waals surface area contributed by atoms with Gasteiger partial charge in [-0.05, 0) is 38.1 Å². The number of nitrogens with zero attached hydrogens (tertiary/aromatic N) is 1. The molecule has 1 aliphatic heterocycles. The van der Waals surface area contributed by atoms with E-state index in [0.717, 1.165) is 36.2 Å².